The molecule has 0 radical (unpaired) electrons. The Kier molecular flexibility index (Phi) is 5.44. The summed E-state index contributed by atoms with van der Waals surface area (Å²) in [6.45, 7) is 6.20. The normalized spacial score (nSPS) is 20.0. The number of urea groups is 1. The molecule has 2 N–H and O–H groups in total. The number of hydrogen-bond acceptors (Lipinski definition) is 5. The number of carbonyl (C=O) groups is 1. The van der Waals surface area contributed by atoms with E-state index in [1.807, 2.05) is 25.5 Å². The van der Waals surface area contributed by atoms with Crippen molar-refractivity contribution in [3.8, 4) is 0 Å². The van der Waals surface area contributed by atoms with Crippen molar-refractivity contribution in [3.05, 3.63) is 0 Å². The average molecular weight is 338 g/mol. The Morgan fingerprint density at radius 1 is 1.50 bits per heavy atom. The third kappa shape index (κ3) is 5.54. The van der Waals surface area contributed by atoms with Crippen LogP contribution >= 0.6 is 0 Å². The summed E-state index contributed by atoms with van der Waals surface area (Å²) in [6, 6.07) is -0.693. The molecule has 1 heterocycles. The highest BCUT2D eigenvalue weighted by molar-refractivity contribution is 7.89. The Morgan fingerprint density at radius 2 is 2.09 bits per heavy atom. The molecule has 0 saturated carbocycles. The third-order valence-corrected chi connectivity index (χ3v) is 3.76. The molecule has 1 saturated heterocycles. The van der Waals surface area contributed by atoms with E-state index in [0.29, 0.717) is 17.9 Å². The number of nitrogens with zero attached hydrogens (tertiary/aromatic N) is 4. The van der Waals surface area contributed by atoms with Gasteiger partial charge in [0.25, 0.3) is 10.2 Å². The van der Waals surface area contributed by atoms with Crippen molar-refractivity contribution in [1.82, 2.24) is 14.6 Å². The number of amides is 2. The molecule has 0 aliphatic carbocycles. The Balaban J connectivity index is 2.53. The quantitative estimate of drug-likeness (QED) is 0.429. The molecule has 11 heteroatoms. The third-order valence-electron chi connectivity index (χ3n) is 3.21. The van der Waals surface area contributed by atoms with E-state index < -0.39 is 22.2 Å². The molecule has 1 unspecified atom stereocenters. The highest BCUT2D eigenvalue weighted by atomic mass is 32.2. The molecule has 2 amide bonds. The summed E-state index contributed by atoms with van der Waals surface area (Å²) in [5.74, 6) is 0. The van der Waals surface area contributed by atoms with Crippen molar-refractivity contribution in [2.75, 3.05) is 26.4 Å². The van der Waals surface area contributed by atoms with Crippen molar-refractivity contribution < 1.29 is 28.2 Å². The van der Waals surface area contributed by atoms with Crippen molar-refractivity contribution in [1.29, 1.82) is 0 Å². The second-order valence-corrected chi connectivity index (χ2v) is 7.93. The lowest BCUT2D eigenvalue weighted by atomic mass is 10.1. The van der Waals surface area contributed by atoms with Gasteiger partial charge >= 0.3 is 6.03 Å². The fourth-order valence-corrected chi connectivity index (χ4v) is 2.10. The van der Waals surface area contributed by atoms with Crippen LogP contribution in [-0.4, -0.2) is 72.6 Å². The largest absolute Gasteiger partial charge is 0.337 e. The zero-order chi connectivity index (χ0) is 17.1. The second kappa shape index (κ2) is 6.55. The first-order valence-electron chi connectivity index (χ1n) is 6.76. The van der Waals surface area contributed by atoms with Crippen LogP contribution in [0.15, 0.2) is 5.28 Å². The van der Waals surface area contributed by atoms with Gasteiger partial charge in [0.1, 0.15) is 0 Å². The molecule has 1 fully saturated rings. The summed E-state index contributed by atoms with van der Waals surface area (Å²) in [4.78, 5) is 18.8. The maximum absolute atomic E-state index is 11.7. The van der Waals surface area contributed by atoms with Crippen molar-refractivity contribution in [2.24, 2.45) is 5.28 Å². The summed E-state index contributed by atoms with van der Waals surface area (Å²) in [5.41, 5.74) is -0.349. The summed E-state index contributed by atoms with van der Waals surface area (Å²) in [7, 11) is -1.95. The first kappa shape index (κ1) is 18.3. The topological polar surface area (TPSA) is 115 Å². The van der Waals surface area contributed by atoms with E-state index in [-0.39, 0.29) is 12.1 Å². The number of sulfonamides is 1. The molecule has 0 bridgehead atoms. The number of carbonyl (C=O) groups excluding carboxylic acids is 1. The fourth-order valence-electron chi connectivity index (χ4n) is 1.65. The van der Waals surface area contributed by atoms with Gasteiger partial charge in [-0.15, -0.1) is 5.01 Å². The van der Waals surface area contributed by atoms with E-state index in [1.54, 1.807) is 7.05 Å². The van der Waals surface area contributed by atoms with Crippen LogP contribution in [0.3, 0.4) is 0 Å². The first-order chi connectivity index (χ1) is 9.90. The number of hydrazine groups is 1. The summed E-state index contributed by atoms with van der Waals surface area (Å²) in [6.07, 6.45) is 0.998. The van der Waals surface area contributed by atoms with Gasteiger partial charge in [-0.2, -0.15) is 0 Å². The van der Waals surface area contributed by atoms with Crippen molar-refractivity contribution in [2.45, 2.75) is 38.8 Å². The van der Waals surface area contributed by atoms with Gasteiger partial charge in [0, 0.05) is 13.0 Å². The second-order valence-electron chi connectivity index (χ2n) is 6.19. The Labute approximate surface area is 130 Å². The maximum Gasteiger partial charge on any atom is 0.331 e. The molecular formula is C11H24N5O5S+. The standard InChI is InChI=1S/C11H23N5O5S/c1-11(2,3)14(4)16(18)13-21-9-6-7-15(8-9)10(17)12-22(5,19)20/h9H,6-8H2,1-5H3,(H-,12,13,17,18)/p+1. The Morgan fingerprint density at radius 3 is 2.59 bits per heavy atom. The molecule has 1 aliphatic heterocycles. The van der Waals surface area contributed by atoms with Gasteiger partial charge in [-0.1, -0.05) is 0 Å². The minimum Gasteiger partial charge on any atom is -0.337 e. The summed E-state index contributed by atoms with van der Waals surface area (Å²) >= 11 is 0. The van der Waals surface area contributed by atoms with Gasteiger partial charge in [0.2, 0.25) is 10.0 Å². The van der Waals surface area contributed by atoms with Crippen LogP contribution in [0.25, 0.3) is 0 Å². The van der Waals surface area contributed by atoms with E-state index in [9.17, 15) is 18.4 Å². The minimum absolute atomic E-state index is 0.192. The Hall–Kier alpha value is -1.78. The van der Waals surface area contributed by atoms with Gasteiger partial charge in [-0.05, 0) is 20.8 Å². The minimum atomic E-state index is -3.59. The molecule has 0 aromatic carbocycles. The number of hydrogen-bond donors (Lipinski definition) is 2. The van der Waals surface area contributed by atoms with E-state index in [1.165, 1.54) is 9.91 Å². The van der Waals surface area contributed by atoms with Crippen LogP contribution in [-0.2, 0) is 14.9 Å². The van der Waals surface area contributed by atoms with Crippen LogP contribution in [0, 0.1) is 0 Å². The molecule has 0 aromatic rings. The predicted octanol–water partition coefficient (Wildman–Crippen LogP) is 0.161. The highest BCUT2D eigenvalue weighted by Gasteiger charge is 2.32. The van der Waals surface area contributed by atoms with Gasteiger partial charge in [0.05, 0.1) is 25.4 Å². The predicted molar refractivity (Wildman–Crippen MR) is 76.4 cm³/mol. The van der Waals surface area contributed by atoms with Crippen LogP contribution < -0.4 is 4.72 Å². The number of nitrogens with one attached hydrogen (secondary N) is 1. The maximum atomic E-state index is 11.7. The highest BCUT2D eigenvalue weighted by Crippen LogP contribution is 2.14. The van der Waals surface area contributed by atoms with Gasteiger partial charge in [-0.3, -0.25) is 0 Å². The molecule has 0 spiro atoms. The van der Waals surface area contributed by atoms with E-state index >= 15 is 0 Å². The molecule has 1 rings (SSSR count). The lowest BCUT2D eigenvalue weighted by Gasteiger charge is -2.22. The van der Waals surface area contributed by atoms with Gasteiger partial charge < -0.3 is 9.74 Å². The molecule has 22 heavy (non-hydrogen) atoms. The Bertz CT molecular complexity index is 542. The summed E-state index contributed by atoms with van der Waals surface area (Å²) in [5, 5.41) is 14.8. The van der Waals surface area contributed by atoms with Gasteiger partial charge in [0.15, 0.2) is 6.10 Å². The van der Waals surface area contributed by atoms with Crippen LogP contribution in [0.1, 0.15) is 27.2 Å². The van der Waals surface area contributed by atoms with E-state index in [0.717, 1.165) is 6.26 Å². The smallest absolute Gasteiger partial charge is 0.331 e. The molecule has 1 aliphatic rings. The van der Waals surface area contributed by atoms with E-state index in [4.69, 9.17) is 4.84 Å². The molecule has 10 nitrogen and oxygen atoms in total. The SMILES string of the molecule is CN(/[N+](O)=N\OC1CCN(C(=O)NS(C)(=O)=O)C1)C(C)(C)C. The molecule has 128 valence electrons. The van der Waals surface area contributed by atoms with Crippen LogP contribution in [0.4, 0.5) is 4.79 Å². The van der Waals surface area contributed by atoms with Crippen molar-refractivity contribution in [3.63, 3.8) is 0 Å². The molecular weight excluding hydrogens is 314 g/mol. The number of rotatable bonds is 4. The zero-order valence-electron chi connectivity index (χ0n) is 13.5. The van der Waals surface area contributed by atoms with Gasteiger partial charge in [-0.25, -0.2) is 23.1 Å². The van der Waals surface area contributed by atoms with E-state index in [2.05, 4.69) is 5.28 Å². The molecule has 0 aromatic heterocycles. The first-order valence-corrected chi connectivity index (χ1v) is 8.65. The van der Waals surface area contributed by atoms with Crippen molar-refractivity contribution >= 4 is 16.1 Å². The molecule has 1 atom stereocenters. The monoisotopic (exact) mass is 338 g/mol. The summed E-state index contributed by atoms with van der Waals surface area (Å²) < 4.78 is 23.9. The average Bonchev–Trinajstić information content (AvgIpc) is 2.80. The zero-order valence-corrected chi connectivity index (χ0v) is 14.3. The van der Waals surface area contributed by atoms with Crippen LogP contribution in [0.2, 0.25) is 0 Å². The number of likely N-dealkylation sites (tertiary alicyclic amines) is 1. The fraction of sp³-hybridized carbons (Fsp3) is 0.909. The lowest BCUT2D eigenvalue weighted by Crippen LogP contribution is -2.43. The lowest BCUT2D eigenvalue weighted by molar-refractivity contribution is -0.946. The van der Waals surface area contributed by atoms with Crippen LogP contribution in [0.5, 0.6) is 0 Å².